The lowest BCUT2D eigenvalue weighted by Crippen LogP contribution is -2.40. The summed E-state index contributed by atoms with van der Waals surface area (Å²) in [4.78, 5) is 29.1. The van der Waals surface area contributed by atoms with Gasteiger partial charge in [0.25, 0.3) is 0 Å². The summed E-state index contributed by atoms with van der Waals surface area (Å²) in [6.07, 6.45) is -7.25. The minimum absolute atomic E-state index is 0.129. The molecular weight excluding hydrogens is 834 g/mol. The Labute approximate surface area is 353 Å². The van der Waals surface area contributed by atoms with E-state index in [2.05, 4.69) is 75.2 Å². The van der Waals surface area contributed by atoms with Crippen molar-refractivity contribution in [1.29, 1.82) is 0 Å². The van der Waals surface area contributed by atoms with Crippen LogP contribution >= 0.6 is 35.1 Å². The van der Waals surface area contributed by atoms with Gasteiger partial charge in [0.2, 0.25) is 6.41 Å². The van der Waals surface area contributed by atoms with E-state index in [1.54, 1.807) is 47.5 Å². The van der Waals surface area contributed by atoms with Crippen LogP contribution in [-0.2, 0) is 17.1 Å². The van der Waals surface area contributed by atoms with Gasteiger partial charge in [-0.15, -0.1) is 0 Å². The van der Waals surface area contributed by atoms with Gasteiger partial charge < -0.3 is 20.9 Å². The van der Waals surface area contributed by atoms with Crippen LogP contribution in [-0.4, -0.2) is 56.9 Å². The lowest BCUT2D eigenvalue weighted by Gasteiger charge is -2.17. The Morgan fingerprint density at radius 2 is 1.46 bits per heavy atom. The summed E-state index contributed by atoms with van der Waals surface area (Å²) in [6.45, 7) is 10.7. The number of carbonyl (C=O) groups excluding carboxylic acids is 2. The standard InChI is InChI=1S/C34H37ClF3N5OS2.C8H6F3NO/c1-24-8-5-9-27(18-24)25(2)21-45-26(3)39-14-16-43(4)17-15-40-33(44)42-23-41-32(28-10-6-12-30(35)19-28)22-46-31-13-7-11-29(20-31)34(36,37)38;9-8(10,11)6-2-1-3-7(4-6)12-5-13/h5-13,18-23,39H,3,14-17H2,1-2,4H3,(H2,40,41,42,44);1-5H,(H,12,13)/b25-21+,32-22-;. The number of aryl methyl sites for hydroxylation is 1. The van der Waals surface area contributed by atoms with Gasteiger partial charge >= 0.3 is 18.4 Å². The third-order valence-corrected chi connectivity index (χ3v) is 9.85. The molecule has 0 unspecified atom stereocenters. The van der Waals surface area contributed by atoms with E-state index in [0.717, 1.165) is 47.6 Å². The first-order valence-electron chi connectivity index (χ1n) is 17.7. The fraction of sp³-hybridized carbons (Fsp3) is 0.214. The average molecular weight is 877 g/mol. The monoisotopic (exact) mass is 876 g/mol. The van der Waals surface area contributed by atoms with Crippen molar-refractivity contribution in [2.24, 2.45) is 4.99 Å². The van der Waals surface area contributed by atoms with E-state index in [4.69, 9.17) is 11.6 Å². The molecule has 0 aliphatic carbocycles. The van der Waals surface area contributed by atoms with Crippen molar-refractivity contribution in [3.63, 3.8) is 0 Å². The summed E-state index contributed by atoms with van der Waals surface area (Å²) in [5.74, 6) is 0. The van der Waals surface area contributed by atoms with Gasteiger partial charge in [-0.05, 0) is 86.0 Å². The molecule has 0 bridgehead atoms. The Balaban J connectivity index is 0.000000606. The van der Waals surface area contributed by atoms with Gasteiger partial charge in [-0.1, -0.05) is 95.8 Å². The first-order chi connectivity index (χ1) is 27.9. The number of likely N-dealkylation sites (N-methyl/N-ethyl adjacent to an activating group) is 1. The van der Waals surface area contributed by atoms with E-state index in [1.807, 2.05) is 13.1 Å². The maximum absolute atomic E-state index is 13.1. The highest BCUT2D eigenvalue weighted by molar-refractivity contribution is 8.05. The molecular formula is C42H43ClF6N6O2S2. The molecule has 0 aromatic heterocycles. The first-order valence-corrected chi connectivity index (χ1v) is 19.8. The molecule has 0 fully saturated rings. The number of aliphatic imine (C=N–C) groups is 1. The molecule has 17 heteroatoms. The molecule has 0 saturated heterocycles. The maximum atomic E-state index is 13.1. The highest BCUT2D eigenvalue weighted by Gasteiger charge is 2.31. The molecule has 0 heterocycles. The highest BCUT2D eigenvalue weighted by atomic mass is 35.5. The molecule has 4 rings (SSSR count). The van der Waals surface area contributed by atoms with Crippen LogP contribution in [0, 0.1) is 6.92 Å². The van der Waals surface area contributed by atoms with Crippen molar-refractivity contribution in [3.05, 3.63) is 152 Å². The van der Waals surface area contributed by atoms with Crippen LogP contribution in [0.15, 0.2) is 129 Å². The third kappa shape index (κ3) is 18.5. The highest BCUT2D eigenvalue weighted by Crippen LogP contribution is 2.34. The number of nitrogens with zero attached hydrogens (tertiary/aromatic N) is 2. The van der Waals surface area contributed by atoms with Crippen molar-refractivity contribution in [2.45, 2.75) is 31.1 Å². The van der Waals surface area contributed by atoms with E-state index in [9.17, 15) is 35.9 Å². The van der Waals surface area contributed by atoms with Gasteiger partial charge in [0, 0.05) is 52.8 Å². The van der Waals surface area contributed by atoms with Gasteiger partial charge in [0.05, 0.1) is 28.2 Å². The number of urea groups is 1. The Kier molecular flexibility index (Phi) is 19.7. The normalized spacial score (nSPS) is 12.1. The molecule has 0 atom stereocenters. The SMILES string of the molecule is C=C(NCCN(C)CCNC(=O)NC=N/C(=C\Sc1cccc(C(F)(F)F)c1)c1cccc(Cl)c1)S/C=C(\C)c1cccc(C)c1.O=CNc1cccc(C(F)(F)F)c1. The van der Waals surface area contributed by atoms with Crippen LogP contribution in [0.5, 0.6) is 0 Å². The van der Waals surface area contributed by atoms with E-state index < -0.39 is 29.5 Å². The summed E-state index contributed by atoms with van der Waals surface area (Å²) in [6, 6.07) is 24.3. The zero-order valence-corrected chi connectivity index (χ0v) is 34.6. The summed E-state index contributed by atoms with van der Waals surface area (Å²) >= 11 is 8.77. The molecule has 8 nitrogen and oxygen atoms in total. The van der Waals surface area contributed by atoms with Gasteiger partial charge in [0.1, 0.15) is 0 Å². The van der Waals surface area contributed by atoms with Crippen molar-refractivity contribution in [3.8, 4) is 0 Å². The number of alkyl halides is 6. The lowest BCUT2D eigenvalue weighted by atomic mass is 10.1. The van der Waals surface area contributed by atoms with Crippen LogP contribution in [0.2, 0.25) is 5.02 Å². The number of benzene rings is 4. The number of anilines is 1. The quantitative estimate of drug-likeness (QED) is 0.0277. The zero-order valence-electron chi connectivity index (χ0n) is 32.3. The number of allylic oxidation sites excluding steroid dienone is 1. The molecule has 0 spiro atoms. The van der Waals surface area contributed by atoms with E-state index >= 15 is 0 Å². The van der Waals surface area contributed by atoms with Gasteiger partial charge in [0.15, 0.2) is 0 Å². The van der Waals surface area contributed by atoms with Crippen molar-refractivity contribution >= 4 is 70.9 Å². The second-order valence-corrected chi connectivity index (χ2v) is 14.9. The van der Waals surface area contributed by atoms with Gasteiger partial charge in [-0.3, -0.25) is 10.1 Å². The predicted octanol–water partition coefficient (Wildman–Crippen LogP) is 11.1. The smallest absolute Gasteiger partial charge is 0.379 e. The largest absolute Gasteiger partial charge is 0.416 e. The van der Waals surface area contributed by atoms with Crippen LogP contribution < -0.4 is 21.3 Å². The van der Waals surface area contributed by atoms with Crippen LogP contribution in [0.4, 0.5) is 36.8 Å². The number of halogens is 7. The average Bonchev–Trinajstić information content (AvgIpc) is 3.18. The number of rotatable bonds is 17. The molecule has 0 aliphatic heterocycles. The third-order valence-electron chi connectivity index (χ3n) is 7.85. The molecule has 4 N–H and O–H groups in total. The summed E-state index contributed by atoms with van der Waals surface area (Å²) in [5.41, 5.74) is 3.25. The minimum Gasteiger partial charge on any atom is -0.379 e. The molecule has 59 heavy (non-hydrogen) atoms. The van der Waals surface area contributed by atoms with Crippen LogP contribution in [0.25, 0.3) is 11.3 Å². The Hall–Kier alpha value is -5.16. The molecule has 0 radical (unpaired) electrons. The molecule has 0 aliphatic rings. The molecule has 314 valence electrons. The van der Waals surface area contributed by atoms with Gasteiger partial charge in [-0.25, -0.2) is 9.79 Å². The van der Waals surface area contributed by atoms with E-state index in [0.29, 0.717) is 47.2 Å². The number of nitrogens with one attached hydrogen (secondary N) is 4. The number of hydrogen-bond acceptors (Lipinski definition) is 7. The van der Waals surface area contributed by atoms with Crippen molar-refractivity contribution in [2.75, 3.05) is 38.5 Å². The second kappa shape index (κ2) is 24.1. The first kappa shape index (κ1) is 48.2. The Morgan fingerprint density at radius 1 is 0.831 bits per heavy atom. The number of hydrogen-bond donors (Lipinski definition) is 4. The molecule has 0 saturated carbocycles. The Bertz CT molecular complexity index is 2110. The van der Waals surface area contributed by atoms with Crippen molar-refractivity contribution in [1.82, 2.24) is 20.9 Å². The van der Waals surface area contributed by atoms with Gasteiger partial charge in [-0.2, -0.15) is 26.3 Å². The van der Waals surface area contributed by atoms with E-state index in [1.165, 1.54) is 41.2 Å². The molecule has 4 aromatic carbocycles. The number of amides is 3. The predicted molar refractivity (Wildman–Crippen MR) is 230 cm³/mol. The fourth-order valence-corrected chi connectivity index (χ4v) is 6.40. The number of carbonyl (C=O) groups is 2. The molecule has 4 aromatic rings. The second-order valence-electron chi connectivity index (χ2n) is 12.6. The topological polar surface area (TPSA) is 97.9 Å². The van der Waals surface area contributed by atoms with Crippen molar-refractivity contribution < 1.29 is 35.9 Å². The summed E-state index contributed by atoms with van der Waals surface area (Å²) in [7, 11) is 1.96. The fourth-order valence-electron chi connectivity index (χ4n) is 4.77. The summed E-state index contributed by atoms with van der Waals surface area (Å²) < 4.78 is 75.6. The van der Waals surface area contributed by atoms with Crippen LogP contribution in [0.3, 0.4) is 0 Å². The maximum Gasteiger partial charge on any atom is 0.416 e. The lowest BCUT2D eigenvalue weighted by molar-refractivity contribution is -0.138. The number of thioether (sulfide) groups is 2. The van der Waals surface area contributed by atoms with E-state index in [-0.39, 0.29) is 5.69 Å². The minimum atomic E-state index is -4.44. The Morgan fingerprint density at radius 3 is 2.12 bits per heavy atom. The summed E-state index contributed by atoms with van der Waals surface area (Å²) in [5, 5.41) is 15.8. The zero-order chi connectivity index (χ0) is 43.4. The molecule has 3 amide bonds. The van der Waals surface area contributed by atoms with Crippen LogP contribution in [0.1, 0.15) is 34.7 Å².